The number of rotatable bonds is 6. The fourth-order valence-corrected chi connectivity index (χ4v) is 3.96. The van der Waals surface area contributed by atoms with Crippen LogP contribution in [0.1, 0.15) is 31.4 Å². The van der Waals surface area contributed by atoms with E-state index in [1.54, 1.807) is 0 Å². The molecule has 0 bridgehead atoms. The van der Waals surface area contributed by atoms with Crippen LogP contribution >= 0.6 is 0 Å². The number of piperazine rings is 1. The minimum atomic E-state index is -0.0622. The van der Waals surface area contributed by atoms with Gasteiger partial charge in [-0.15, -0.1) is 0 Å². The first kappa shape index (κ1) is 19.9. The van der Waals surface area contributed by atoms with Crippen LogP contribution in [0.4, 0.5) is 10.5 Å². The average Bonchev–Trinajstić information content (AvgIpc) is 2.62. The van der Waals surface area contributed by atoms with Crippen LogP contribution in [-0.4, -0.2) is 61.6 Å². The highest BCUT2D eigenvalue weighted by Crippen LogP contribution is 2.25. The van der Waals surface area contributed by atoms with Crippen LogP contribution in [0, 0.1) is 12.8 Å². The summed E-state index contributed by atoms with van der Waals surface area (Å²) in [6.45, 7) is 18.2. The Labute approximate surface area is 164 Å². The number of nitrogens with zero attached hydrogens (tertiary/aromatic N) is 3. The highest BCUT2D eigenvalue weighted by Gasteiger charge is 2.23. The van der Waals surface area contributed by atoms with Gasteiger partial charge < -0.3 is 15.1 Å². The van der Waals surface area contributed by atoms with E-state index in [9.17, 15) is 4.79 Å². The van der Waals surface area contributed by atoms with Gasteiger partial charge in [0, 0.05) is 63.6 Å². The SMILES string of the molecule is C=C1CCN(c2cc(CCN3CCN(CC(C)C)CC3)ccc2C)C(=O)N1. The summed E-state index contributed by atoms with van der Waals surface area (Å²) in [5.74, 6) is 0.742. The zero-order valence-electron chi connectivity index (χ0n) is 17.1. The topological polar surface area (TPSA) is 38.8 Å². The number of carbonyl (C=O) groups is 1. The maximum absolute atomic E-state index is 12.3. The molecule has 3 rings (SSSR count). The van der Waals surface area contributed by atoms with Gasteiger partial charge in [-0.05, 0) is 36.5 Å². The Balaban J connectivity index is 1.56. The lowest BCUT2D eigenvalue weighted by atomic mass is 10.1. The first-order chi connectivity index (χ1) is 12.9. The average molecular weight is 371 g/mol. The van der Waals surface area contributed by atoms with E-state index in [1.165, 1.54) is 25.2 Å². The molecule has 1 N–H and O–H groups in total. The predicted molar refractivity (Wildman–Crippen MR) is 112 cm³/mol. The largest absolute Gasteiger partial charge is 0.326 e. The molecule has 2 saturated heterocycles. The number of benzene rings is 1. The van der Waals surface area contributed by atoms with E-state index in [2.05, 4.69) is 60.7 Å². The van der Waals surface area contributed by atoms with Gasteiger partial charge >= 0.3 is 6.03 Å². The number of carbonyl (C=O) groups excluding carboxylic acids is 1. The van der Waals surface area contributed by atoms with Gasteiger partial charge in [-0.25, -0.2) is 4.79 Å². The smallest absolute Gasteiger partial charge is 0.312 e. The van der Waals surface area contributed by atoms with Crippen molar-refractivity contribution in [3.05, 3.63) is 41.6 Å². The molecule has 0 aliphatic carbocycles. The van der Waals surface area contributed by atoms with Gasteiger partial charge in [-0.3, -0.25) is 4.90 Å². The van der Waals surface area contributed by atoms with Gasteiger partial charge in [0.25, 0.3) is 0 Å². The Bertz CT molecular complexity index is 677. The molecule has 0 unspecified atom stereocenters. The molecule has 0 saturated carbocycles. The molecule has 5 heteroatoms. The number of hydrogen-bond acceptors (Lipinski definition) is 3. The van der Waals surface area contributed by atoms with Crippen LogP contribution in [0.15, 0.2) is 30.5 Å². The molecule has 0 radical (unpaired) electrons. The second-order valence-corrected chi connectivity index (χ2v) is 8.34. The van der Waals surface area contributed by atoms with Gasteiger partial charge in [0.15, 0.2) is 0 Å². The van der Waals surface area contributed by atoms with Gasteiger partial charge in [0.05, 0.1) is 0 Å². The van der Waals surface area contributed by atoms with Crippen molar-refractivity contribution in [3.8, 4) is 0 Å². The highest BCUT2D eigenvalue weighted by atomic mass is 16.2. The number of urea groups is 1. The Morgan fingerprint density at radius 1 is 1.11 bits per heavy atom. The maximum Gasteiger partial charge on any atom is 0.326 e. The summed E-state index contributed by atoms with van der Waals surface area (Å²) in [7, 11) is 0. The molecule has 1 aromatic carbocycles. The molecule has 0 atom stereocenters. The van der Waals surface area contributed by atoms with Crippen LogP contribution < -0.4 is 10.2 Å². The molecule has 5 nitrogen and oxygen atoms in total. The van der Waals surface area contributed by atoms with Crippen LogP contribution in [0.5, 0.6) is 0 Å². The van der Waals surface area contributed by atoms with Crippen LogP contribution in [0.2, 0.25) is 0 Å². The minimum Gasteiger partial charge on any atom is -0.312 e. The van der Waals surface area contributed by atoms with E-state index >= 15 is 0 Å². The Morgan fingerprint density at radius 2 is 1.81 bits per heavy atom. The molecule has 0 spiro atoms. The summed E-state index contributed by atoms with van der Waals surface area (Å²) in [4.78, 5) is 19.3. The summed E-state index contributed by atoms with van der Waals surface area (Å²) < 4.78 is 0. The lowest BCUT2D eigenvalue weighted by molar-refractivity contribution is 0.123. The maximum atomic E-state index is 12.3. The molecule has 27 heavy (non-hydrogen) atoms. The fourth-order valence-electron chi connectivity index (χ4n) is 3.96. The van der Waals surface area contributed by atoms with Gasteiger partial charge in [-0.2, -0.15) is 0 Å². The zero-order chi connectivity index (χ0) is 19.4. The van der Waals surface area contributed by atoms with E-state index < -0.39 is 0 Å². The number of hydrogen-bond donors (Lipinski definition) is 1. The monoisotopic (exact) mass is 370 g/mol. The normalized spacial score (nSPS) is 19.6. The molecule has 1 aromatic rings. The van der Waals surface area contributed by atoms with Crippen molar-refractivity contribution in [1.82, 2.24) is 15.1 Å². The van der Waals surface area contributed by atoms with E-state index in [1.807, 2.05) is 4.90 Å². The van der Waals surface area contributed by atoms with Crippen LogP contribution in [0.3, 0.4) is 0 Å². The second kappa shape index (κ2) is 8.89. The third-order valence-corrected chi connectivity index (χ3v) is 5.54. The second-order valence-electron chi connectivity index (χ2n) is 8.34. The van der Waals surface area contributed by atoms with Crippen LogP contribution in [-0.2, 0) is 6.42 Å². The predicted octanol–water partition coefficient (Wildman–Crippen LogP) is 3.24. The summed E-state index contributed by atoms with van der Waals surface area (Å²) in [6, 6.07) is 6.47. The van der Waals surface area contributed by atoms with Gasteiger partial charge in [0.1, 0.15) is 0 Å². The lowest BCUT2D eigenvalue weighted by Gasteiger charge is -2.35. The number of amides is 2. The van der Waals surface area contributed by atoms with Crippen molar-refractivity contribution < 1.29 is 4.79 Å². The molecule has 2 amide bonds. The van der Waals surface area contributed by atoms with Gasteiger partial charge in [-0.1, -0.05) is 32.6 Å². The number of aryl methyl sites for hydroxylation is 1. The Hall–Kier alpha value is -1.85. The Kier molecular flexibility index (Phi) is 6.55. The minimum absolute atomic E-state index is 0.0622. The fraction of sp³-hybridized carbons (Fsp3) is 0.591. The van der Waals surface area contributed by atoms with Crippen molar-refractivity contribution in [3.63, 3.8) is 0 Å². The number of anilines is 1. The van der Waals surface area contributed by atoms with Gasteiger partial charge in [0.2, 0.25) is 0 Å². The summed E-state index contributed by atoms with van der Waals surface area (Å²) in [5.41, 5.74) is 4.28. The van der Waals surface area contributed by atoms with E-state index in [-0.39, 0.29) is 6.03 Å². The molecule has 2 aliphatic rings. The number of nitrogens with one attached hydrogen (secondary N) is 1. The van der Waals surface area contributed by atoms with Crippen molar-refractivity contribution in [2.75, 3.05) is 50.7 Å². The third-order valence-electron chi connectivity index (χ3n) is 5.54. The highest BCUT2D eigenvalue weighted by molar-refractivity contribution is 5.94. The molecular formula is C22H34N4O. The van der Waals surface area contributed by atoms with Crippen molar-refractivity contribution in [2.45, 2.75) is 33.6 Å². The summed E-state index contributed by atoms with van der Waals surface area (Å²) in [6.07, 6.45) is 1.83. The lowest BCUT2D eigenvalue weighted by Crippen LogP contribution is -2.47. The molecule has 2 fully saturated rings. The molecular weight excluding hydrogens is 336 g/mol. The van der Waals surface area contributed by atoms with Crippen molar-refractivity contribution >= 4 is 11.7 Å². The van der Waals surface area contributed by atoms with Crippen molar-refractivity contribution in [2.24, 2.45) is 5.92 Å². The van der Waals surface area contributed by atoms with Crippen LogP contribution in [0.25, 0.3) is 0 Å². The first-order valence-corrected chi connectivity index (χ1v) is 10.2. The molecule has 2 heterocycles. The molecule has 2 aliphatic heterocycles. The third kappa shape index (κ3) is 5.33. The van der Waals surface area contributed by atoms with E-state index in [0.29, 0.717) is 6.54 Å². The summed E-state index contributed by atoms with van der Waals surface area (Å²) >= 11 is 0. The zero-order valence-corrected chi connectivity index (χ0v) is 17.1. The van der Waals surface area contributed by atoms with Crippen molar-refractivity contribution in [1.29, 1.82) is 0 Å². The Morgan fingerprint density at radius 3 is 2.48 bits per heavy atom. The molecule has 0 aromatic heterocycles. The summed E-state index contributed by atoms with van der Waals surface area (Å²) in [5, 5.41) is 2.86. The molecule has 148 valence electrons. The standard InChI is InChI=1S/C22H34N4O/c1-17(2)16-25-13-11-24(12-14-25)9-8-20-6-5-18(3)21(15-20)26-10-7-19(4)23-22(26)27/h5-6,15,17H,4,7-14,16H2,1-3H3,(H,23,27). The quantitative estimate of drug-likeness (QED) is 0.835. The van der Waals surface area contributed by atoms with E-state index in [0.717, 1.165) is 55.3 Å². The van der Waals surface area contributed by atoms with E-state index in [4.69, 9.17) is 0 Å². The first-order valence-electron chi connectivity index (χ1n) is 10.2.